The second-order valence-corrected chi connectivity index (χ2v) is 8.41. The summed E-state index contributed by atoms with van der Waals surface area (Å²) in [5, 5.41) is 16.8. The lowest BCUT2D eigenvalue weighted by atomic mass is 10.2. The van der Waals surface area contributed by atoms with Gasteiger partial charge in [-0.1, -0.05) is 71.2 Å². The molecular weight excluding hydrogens is 475 g/mol. The van der Waals surface area contributed by atoms with Crippen LogP contribution in [0.15, 0.2) is 67.1 Å². The van der Waals surface area contributed by atoms with Crippen LogP contribution in [0, 0.1) is 0 Å². The average molecular weight is 492 g/mol. The molecule has 0 fully saturated rings. The molecule has 2 N–H and O–H groups in total. The first-order chi connectivity index (χ1) is 15.0. The predicted octanol–water partition coefficient (Wildman–Crippen LogP) is 5.95. The van der Waals surface area contributed by atoms with Crippen molar-refractivity contribution in [2.45, 2.75) is 13.1 Å². The number of hydrogen-bond donors (Lipinski definition) is 2. The third-order valence-corrected chi connectivity index (χ3v) is 5.44. The van der Waals surface area contributed by atoms with Crippen molar-refractivity contribution in [2.24, 2.45) is 0 Å². The van der Waals surface area contributed by atoms with Crippen LogP contribution in [0.4, 0.5) is 11.5 Å². The molecule has 6 nitrogen and oxygen atoms in total. The number of rotatable bonds is 6. The van der Waals surface area contributed by atoms with Crippen LogP contribution in [0.3, 0.4) is 0 Å². The predicted molar refractivity (Wildman–Crippen MR) is 130 cm³/mol. The zero-order chi connectivity index (χ0) is 21.8. The molecule has 0 atom stereocenters. The number of anilines is 2. The molecule has 31 heavy (non-hydrogen) atoms. The second kappa shape index (κ2) is 9.70. The van der Waals surface area contributed by atoms with Gasteiger partial charge in [0.05, 0.1) is 25.0 Å². The zero-order valence-electron chi connectivity index (χ0n) is 16.1. The molecule has 0 aliphatic rings. The Balaban J connectivity index is 1.37. The number of thiocarbonyl (C=S) groups is 1. The van der Waals surface area contributed by atoms with E-state index in [1.54, 1.807) is 29.2 Å². The van der Waals surface area contributed by atoms with Gasteiger partial charge < -0.3 is 10.6 Å². The highest BCUT2D eigenvalue weighted by Gasteiger charge is 2.11. The minimum Gasteiger partial charge on any atom is -0.330 e. The number of aromatic nitrogens is 4. The van der Waals surface area contributed by atoms with Crippen molar-refractivity contribution in [2.75, 3.05) is 10.6 Å². The van der Waals surface area contributed by atoms with E-state index in [1.165, 1.54) is 0 Å². The molecule has 0 aliphatic carbocycles. The van der Waals surface area contributed by atoms with E-state index in [-0.39, 0.29) is 0 Å². The molecule has 2 heterocycles. The minimum absolute atomic E-state index is 0.357. The Bertz CT molecular complexity index is 1210. The summed E-state index contributed by atoms with van der Waals surface area (Å²) >= 11 is 23.9. The van der Waals surface area contributed by atoms with Gasteiger partial charge in [-0.15, -0.1) is 0 Å². The summed E-state index contributed by atoms with van der Waals surface area (Å²) in [6, 6.07) is 15.4. The van der Waals surface area contributed by atoms with Gasteiger partial charge in [0.15, 0.2) is 10.9 Å². The summed E-state index contributed by atoms with van der Waals surface area (Å²) in [4.78, 5) is 0. The number of nitrogens with zero attached hydrogens (tertiary/aromatic N) is 4. The van der Waals surface area contributed by atoms with Crippen LogP contribution in [0.1, 0.15) is 11.1 Å². The molecule has 0 spiro atoms. The molecule has 10 heteroatoms. The van der Waals surface area contributed by atoms with Crippen molar-refractivity contribution in [3.05, 3.63) is 93.3 Å². The van der Waals surface area contributed by atoms with E-state index < -0.39 is 0 Å². The quantitative estimate of drug-likeness (QED) is 0.327. The van der Waals surface area contributed by atoms with E-state index in [0.29, 0.717) is 39.1 Å². The molecule has 0 bridgehead atoms. The highest BCUT2D eigenvalue weighted by Crippen LogP contribution is 2.24. The topological polar surface area (TPSA) is 59.7 Å². The number of halogens is 3. The van der Waals surface area contributed by atoms with E-state index in [9.17, 15) is 0 Å². The lowest BCUT2D eigenvalue weighted by molar-refractivity contribution is 0.687. The fraction of sp³-hybridized carbons (Fsp3) is 0.0952. The monoisotopic (exact) mass is 490 g/mol. The smallest absolute Gasteiger partial charge is 0.176 e. The fourth-order valence-electron chi connectivity index (χ4n) is 2.94. The Kier molecular flexibility index (Phi) is 6.77. The van der Waals surface area contributed by atoms with Crippen LogP contribution in [-0.4, -0.2) is 24.7 Å². The maximum absolute atomic E-state index is 6.31. The largest absolute Gasteiger partial charge is 0.330 e. The molecule has 0 unspecified atom stereocenters. The van der Waals surface area contributed by atoms with E-state index in [1.807, 2.05) is 35.1 Å². The van der Waals surface area contributed by atoms with Gasteiger partial charge >= 0.3 is 0 Å². The van der Waals surface area contributed by atoms with E-state index in [0.717, 1.165) is 16.8 Å². The van der Waals surface area contributed by atoms with Crippen molar-refractivity contribution >= 4 is 63.6 Å². The summed E-state index contributed by atoms with van der Waals surface area (Å²) in [6.07, 6.45) is 5.29. The zero-order valence-corrected chi connectivity index (χ0v) is 19.2. The summed E-state index contributed by atoms with van der Waals surface area (Å²) in [5.74, 6) is 0.445. The minimum atomic E-state index is 0.357. The number of nitrogens with one attached hydrogen (secondary N) is 2. The SMILES string of the molecule is S=C(Nc1cnn(Cc2ccccc2)c1)Nc1nn(Cc2ccc(Cl)cc2Cl)cc1Cl. The van der Waals surface area contributed by atoms with E-state index >= 15 is 0 Å². The van der Waals surface area contributed by atoms with Gasteiger partial charge in [-0.2, -0.15) is 10.2 Å². The maximum Gasteiger partial charge on any atom is 0.176 e. The molecule has 4 aromatic rings. The first kappa shape index (κ1) is 21.6. The molecule has 158 valence electrons. The lowest BCUT2D eigenvalue weighted by Crippen LogP contribution is -2.19. The van der Waals surface area contributed by atoms with Crippen molar-refractivity contribution in [3.8, 4) is 0 Å². The number of benzene rings is 2. The first-order valence-corrected chi connectivity index (χ1v) is 10.8. The van der Waals surface area contributed by atoms with Crippen molar-refractivity contribution in [3.63, 3.8) is 0 Å². The van der Waals surface area contributed by atoms with Gasteiger partial charge in [0.2, 0.25) is 0 Å². The molecule has 0 saturated carbocycles. The summed E-state index contributed by atoms with van der Waals surface area (Å²) in [7, 11) is 0. The maximum atomic E-state index is 6.31. The van der Waals surface area contributed by atoms with Gasteiger partial charge in [0.1, 0.15) is 5.02 Å². The molecule has 0 saturated heterocycles. The van der Waals surface area contributed by atoms with E-state index in [4.69, 9.17) is 47.0 Å². The summed E-state index contributed by atoms with van der Waals surface area (Å²) < 4.78 is 3.51. The van der Waals surface area contributed by atoms with Crippen LogP contribution in [0.25, 0.3) is 0 Å². The molecule has 0 radical (unpaired) electrons. The standard InChI is InChI=1S/C21H17Cl3N6S/c22-16-7-6-15(18(23)8-16)11-30-13-19(24)20(28-30)27-21(31)26-17-9-25-29(12-17)10-14-4-2-1-3-5-14/h1-9,12-13H,10-11H2,(H2,26,27,28,31). The molecule has 2 aromatic carbocycles. The Labute approximate surface area is 199 Å². The Hall–Kier alpha value is -2.58. The van der Waals surface area contributed by atoms with Crippen molar-refractivity contribution < 1.29 is 0 Å². The Morgan fingerprint density at radius 3 is 2.48 bits per heavy atom. The van der Waals surface area contributed by atoms with Crippen LogP contribution in [0.2, 0.25) is 15.1 Å². The molecule has 0 amide bonds. The molecule has 0 aliphatic heterocycles. The lowest BCUT2D eigenvalue weighted by Gasteiger charge is -2.07. The fourth-order valence-corrected chi connectivity index (χ4v) is 3.82. The third-order valence-electron chi connectivity index (χ3n) is 4.37. The highest BCUT2D eigenvalue weighted by molar-refractivity contribution is 7.80. The normalized spacial score (nSPS) is 10.8. The van der Waals surface area contributed by atoms with E-state index in [2.05, 4.69) is 33.0 Å². The van der Waals surface area contributed by atoms with Crippen molar-refractivity contribution in [1.29, 1.82) is 0 Å². The van der Waals surface area contributed by atoms with Crippen molar-refractivity contribution in [1.82, 2.24) is 19.6 Å². The van der Waals surface area contributed by atoms with Gasteiger partial charge in [0, 0.05) is 22.4 Å². The van der Waals surface area contributed by atoms with Crippen LogP contribution < -0.4 is 10.6 Å². The van der Waals surface area contributed by atoms with Crippen LogP contribution in [-0.2, 0) is 13.1 Å². The summed E-state index contributed by atoms with van der Waals surface area (Å²) in [5.41, 5.74) is 2.80. The Morgan fingerprint density at radius 1 is 0.903 bits per heavy atom. The average Bonchev–Trinajstić information content (AvgIpc) is 3.30. The number of hydrogen-bond acceptors (Lipinski definition) is 3. The summed E-state index contributed by atoms with van der Waals surface area (Å²) in [6.45, 7) is 1.12. The van der Waals surface area contributed by atoms with Gasteiger partial charge in [-0.3, -0.25) is 9.36 Å². The van der Waals surface area contributed by atoms with Crippen LogP contribution in [0.5, 0.6) is 0 Å². The molecular formula is C21H17Cl3N6S. The Morgan fingerprint density at radius 2 is 1.71 bits per heavy atom. The van der Waals surface area contributed by atoms with Gasteiger partial charge in [-0.05, 0) is 35.5 Å². The third kappa shape index (κ3) is 5.77. The highest BCUT2D eigenvalue weighted by atomic mass is 35.5. The van der Waals surface area contributed by atoms with Crippen LogP contribution >= 0.6 is 47.0 Å². The first-order valence-electron chi connectivity index (χ1n) is 9.27. The molecule has 2 aromatic heterocycles. The second-order valence-electron chi connectivity index (χ2n) is 6.75. The molecule has 4 rings (SSSR count). The van der Waals surface area contributed by atoms with Gasteiger partial charge in [0.25, 0.3) is 0 Å². The van der Waals surface area contributed by atoms with Gasteiger partial charge in [-0.25, -0.2) is 0 Å².